The Morgan fingerprint density at radius 3 is 2.71 bits per heavy atom. The molecule has 2 unspecified atom stereocenters. The molecule has 1 aliphatic heterocycles. The SMILES string of the molecule is CC1C(C#N)S(=O)(=O)c2ccc(Br)cc2N1C. The van der Waals surface area contributed by atoms with Crippen molar-refractivity contribution < 1.29 is 8.42 Å². The lowest BCUT2D eigenvalue weighted by atomic mass is 10.2. The van der Waals surface area contributed by atoms with Crippen molar-refractivity contribution >= 4 is 31.5 Å². The first kappa shape index (κ1) is 12.4. The minimum absolute atomic E-state index is 0.229. The zero-order valence-corrected chi connectivity index (χ0v) is 11.8. The minimum Gasteiger partial charge on any atom is -0.368 e. The number of sulfone groups is 1. The molecule has 0 saturated carbocycles. The van der Waals surface area contributed by atoms with Crippen LogP contribution in [0.25, 0.3) is 0 Å². The number of nitriles is 1. The van der Waals surface area contributed by atoms with Gasteiger partial charge in [0, 0.05) is 11.5 Å². The quantitative estimate of drug-likeness (QED) is 0.734. The first-order chi connectivity index (χ1) is 7.89. The fourth-order valence-electron chi connectivity index (χ4n) is 2.00. The summed E-state index contributed by atoms with van der Waals surface area (Å²) in [4.78, 5) is 2.06. The maximum atomic E-state index is 12.2. The second-order valence-corrected chi connectivity index (χ2v) is 7.01. The Kier molecular flexibility index (Phi) is 2.92. The van der Waals surface area contributed by atoms with Crippen molar-refractivity contribution in [2.24, 2.45) is 0 Å². The summed E-state index contributed by atoms with van der Waals surface area (Å²) in [5, 5.41) is 8.02. The molecule has 90 valence electrons. The van der Waals surface area contributed by atoms with Gasteiger partial charge in [-0.05, 0) is 25.1 Å². The van der Waals surface area contributed by atoms with Gasteiger partial charge in [0.15, 0.2) is 15.1 Å². The Bertz CT molecular complexity index is 606. The van der Waals surface area contributed by atoms with Crippen molar-refractivity contribution in [1.29, 1.82) is 5.26 Å². The van der Waals surface area contributed by atoms with Crippen LogP contribution in [-0.2, 0) is 9.84 Å². The molecule has 4 nitrogen and oxygen atoms in total. The van der Waals surface area contributed by atoms with E-state index in [0.717, 1.165) is 4.47 Å². The number of halogens is 1. The van der Waals surface area contributed by atoms with E-state index in [0.29, 0.717) is 5.69 Å². The fourth-order valence-corrected chi connectivity index (χ4v) is 4.22. The molecular weight excluding hydrogens is 304 g/mol. The molecule has 0 amide bonds. The molecule has 0 aromatic heterocycles. The van der Waals surface area contributed by atoms with Crippen LogP contribution in [-0.4, -0.2) is 26.8 Å². The van der Waals surface area contributed by atoms with Gasteiger partial charge < -0.3 is 4.90 Å². The predicted octanol–water partition coefficient (Wildman–Crippen LogP) is 1.95. The van der Waals surface area contributed by atoms with Gasteiger partial charge in [0.2, 0.25) is 0 Å². The summed E-state index contributed by atoms with van der Waals surface area (Å²) < 4.78 is 25.3. The molecule has 0 saturated heterocycles. The Balaban J connectivity index is 2.76. The Morgan fingerprint density at radius 2 is 2.12 bits per heavy atom. The normalized spacial score (nSPS) is 26.1. The van der Waals surface area contributed by atoms with Gasteiger partial charge >= 0.3 is 0 Å². The van der Waals surface area contributed by atoms with Gasteiger partial charge in [-0.1, -0.05) is 15.9 Å². The molecule has 1 heterocycles. The molecule has 0 aliphatic carbocycles. The molecule has 2 rings (SSSR count). The van der Waals surface area contributed by atoms with E-state index >= 15 is 0 Å². The Labute approximate surface area is 109 Å². The molecule has 2 atom stereocenters. The Hall–Kier alpha value is -1.06. The van der Waals surface area contributed by atoms with Crippen molar-refractivity contribution in [3.63, 3.8) is 0 Å². The molecule has 0 N–H and O–H groups in total. The highest BCUT2D eigenvalue weighted by atomic mass is 79.9. The molecule has 17 heavy (non-hydrogen) atoms. The summed E-state index contributed by atoms with van der Waals surface area (Å²) in [6, 6.07) is 6.51. The van der Waals surface area contributed by atoms with Crippen molar-refractivity contribution in [3.05, 3.63) is 22.7 Å². The summed E-state index contributed by atoms with van der Waals surface area (Å²) >= 11 is 3.32. The van der Waals surface area contributed by atoms with E-state index in [2.05, 4.69) is 15.9 Å². The van der Waals surface area contributed by atoms with Gasteiger partial charge in [0.05, 0.1) is 22.7 Å². The van der Waals surface area contributed by atoms with Gasteiger partial charge in [-0.2, -0.15) is 5.26 Å². The first-order valence-corrected chi connectivity index (χ1v) is 7.39. The highest BCUT2D eigenvalue weighted by Gasteiger charge is 2.41. The number of hydrogen-bond donors (Lipinski definition) is 0. The highest BCUT2D eigenvalue weighted by molar-refractivity contribution is 9.10. The molecule has 1 aromatic carbocycles. The van der Waals surface area contributed by atoms with Gasteiger partial charge in [-0.25, -0.2) is 8.42 Å². The van der Waals surface area contributed by atoms with Gasteiger partial charge in [0.1, 0.15) is 0 Å². The molecule has 0 fully saturated rings. The molecular formula is C11H11BrN2O2S. The summed E-state index contributed by atoms with van der Waals surface area (Å²) in [6.07, 6.45) is 0. The summed E-state index contributed by atoms with van der Waals surface area (Å²) in [5.74, 6) is 0. The van der Waals surface area contributed by atoms with Crippen LogP contribution in [0, 0.1) is 11.3 Å². The van der Waals surface area contributed by atoms with E-state index in [9.17, 15) is 8.42 Å². The second kappa shape index (κ2) is 4.00. The molecule has 0 bridgehead atoms. The second-order valence-electron chi connectivity index (χ2n) is 4.06. The third-order valence-corrected chi connectivity index (χ3v) is 5.74. The van der Waals surface area contributed by atoms with Crippen LogP contribution >= 0.6 is 15.9 Å². The molecule has 0 spiro atoms. The van der Waals surface area contributed by atoms with Crippen molar-refractivity contribution in [1.82, 2.24) is 0 Å². The van der Waals surface area contributed by atoms with Crippen LogP contribution in [0.15, 0.2) is 27.6 Å². The minimum atomic E-state index is -3.56. The monoisotopic (exact) mass is 314 g/mol. The number of fused-ring (bicyclic) bond motifs is 1. The fraction of sp³-hybridized carbons (Fsp3) is 0.364. The largest absolute Gasteiger partial charge is 0.368 e. The zero-order valence-electron chi connectivity index (χ0n) is 9.38. The van der Waals surface area contributed by atoms with E-state index < -0.39 is 15.1 Å². The summed E-state index contributed by atoms with van der Waals surface area (Å²) in [7, 11) is -1.75. The topological polar surface area (TPSA) is 61.2 Å². The maximum absolute atomic E-state index is 12.2. The average molecular weight is 315 g/mol. The van der Waals surface area contributed by atoms with Gasteiger partial charge in [-0.3, -0.25) is 0 Å². The lowest BCUT2D eigenvalue weighted by Gasteiger charge is -2.36. The number of hydrogen-bond acceptors (Lipinski definition) is 4. The van der Waals surface area contributed by atoms with Crippen molar-refractivity contribution in [3.8, 4) is 6.07 Å². The average Bonchev–Trinajstić information content (AvgIpc) is 2.26. The smallest absolute Gasteiger partial charge is 0.198 e. The van der Waals surface area contributed by atoms with Crippen LogP contribution < -0.4 is 4.90 Å². The van der Waals surface area contributed by atoms with Crippen LogP contribution in [0.3, 0.4) is 0 Å². The van der Waals surface area contributed by atoms with Crippen molar-refractivity contribution in [2.45, 2.75) is 23.1 Å². The van der Waals surface area contributed by atoms with Crippen LogP contribution in [0.1, 0.15) is 6.92 Å². The molecule has 1 aromatic rings. The number of nitrogens with zero attached hydrogens (tertiary/aromatic N) is 2. The predicted molar refractivity (Wildman–Crippen MR) is 68.6 cm³/mol. The summed E-state index contributed by atoms with van der Waals surface area (Å²) in [5.41, 5.74) is 0.637. The zero-order chi connectivity index (χ0) is 12.8. The van der Waals surface area contributed by atoms with Crippen molar-refractivity contribution in [2.75, 3.05) is 11.9 Å². The van der Waals surface area contributed by atoms with E-state index in [1.54, 1.807) is 32.2 Å². The maximum Gasteiger partial charge on any atom is 0.198 e. The number of benzene rings is 1. The van der Waals surface area contributed by atoms with Crippen LogP contribution in [0.4, 0.5) is 5.69 Å². The number of anilines is 1. The highest BCUT2D eigenvalue weighted by Crippen LogP contribution is 2.37. The van der Waals surface area contributed by atoms with E-state index in [4.69, 9.17) is 5.26 Å². The van der Waals surface area contributed by atoms with Gasteiger partial charge in [0.25, 0.3) is 0 Å². The number of rotatable bonds is 0. The summed E-state index contributed by atoms with van der Waals surface area (Å²) in [6.45, 7) is 1.75. The van der Waals surface area contributed by atoms with Crippen LogP contribution in [0.5, 0.6) is 0 Å². The molecule has 1 aliphatic rings. The first-order valence-electron chi connectivity index (χ1n) is 5.05. The third-order valence-electron chi connectivity index (χ3n) is 3.12. The third kappa shape index (κ3) is 1.74. The van der Waals surface area contributed by atoms with E-state index in [-0.39, 0.29) is 10.9 Å². The molecule has 6 heteroatoms. The Morgan fingerprint density at radius 1 is 1.47 bits per heavy atom. The van der Waals surface area contributed by atoms with Gasteiger partial charge in [-0.15, -0.1) is 0 Å². The lowest BCUT2D eigenvalue weighted by molar-refractivity contribution is 0.563. The lowest BCUT2D eigenvalue weighted by Crippen LogP contribution is -2.47. The van der Waals surface area contributed by atoms with E-state index in [1.807, 2.05) is 11.0 Å². The van der Waals surface area contributed by atoms with Crippen LogP contribution in [0.2, 0.25) is 0 Å². The molecule has 0 radical (unpaired) electrons. The van der Waals surface area contributed by atoms with E-state index in [1.165, 1.54) is 0 Å². The standard InChI is InChI=1S/C11H11BrN2O2S/c1-7-11(6-13)17(15,16)10-4-3-8(12)5-9(10)14(7)2/h3-5,7,11H,1-2H3.